The molecule has 4 aromatic carbocycles. The number of hydrogen-bond acceptors (Lipinski definition) is 6. The van der Waals surface area contributed by atoms with Crippen molar-refractivity contribution in [1.29, 1.82) is 0 Å². The van der Waals surface area contributed by atoms with E-state index in [2.05, 4.69) is 24.3 Å². The van der Waals surface area contributed by atoms with E-state index < -0.39 is 0 Å². The summed E-state index contributed by atoms with van der Waals surface area (Å²) in [6.45, 7) is 3.05. The molecule has 0 unspecified atom stereocenters. The Morgan fingerprint density at radius 3 is 2.28 bits per heavy atom. The number of benzene rings is 4. The van der Waals surface area contributed by atoms with Gasteiger partial charge in [0.05, 0.1) is 18.9 Å². The van der Waals surface area contributed by atoms with Crippen LogP contribution in [0.1, 0.15) is 25.3 Å². The molecule has 0 aliphatic carbocycles. The molecule has 5 rings (SSSR count). The molecule has 0 N–H and O–H groups in total. The summed E-state index contributed by atoms with van der Waals surface area (Å²) in [6, 6.07) is 34.1. The van der Waals surface area contributed by atoms with Crippen molar-refractivity contribution in [1.82, 2.24) is 9.97 Å². The molecule has 6 nitrogen and oxygen atoms in total. The summed E-state index contributed by atoms with van der Waals surface area (Å²) < 4.78 is 16.9. The molecule has 0 bridgehead atoms. The zero-order valence-corrected chi connectivity index (χ0v) is 21.9. The van der Waals surface area contributed by atoms with Gasteiger partial charge in [0, 0.05) is 23.6 Å². The van der Waals surface area contributed by atoms with Crippen LogP contribution >= 0.6 is 0 Å². The molecule has 0 fully saturated rings. The second-order valence-electron chi connectivity index (χ2n) is 9.04. The molecule has 0 spiro atoms. The zero-order valence-electron chi connectivity index (χ0n) is 21.9. The monoisotopic (exact) mass is 518 g/mol. The lowest BCUT2D eigenvalue weighted by atomic mass is 10.1. The first kappa shape index (κ1) is 25.9. The lowest BCUT2D eigenvalue weighted by molar-refractivity contribution is -0.143. The van der Waals surface area contributed by atoms with Crippen molar-refractivity contribution >= 4 is 16.7 Å². The third-order valence-electron chi connectivity index (χ3n) is 6.17. The van der Waals surface area contributed by atoms with Crippen molar-refractivity contribution < 1.29 is 19.0 Å². The van der Waals surface area contributed by atoms with Crippen LogP contribution in [0.2, 0.25) is 0 Å². The molecule has 0 atom stereocenters. The third-order valence-corrected chi connectivity index (χ3v) is 6.17. The molecule has 0 aliphatic rings. The van der Waals surface area contributed by atoms with Crippen LogP contribution in [0.15, 0.2) is 103 Å². The number of carbonyl (C=O) groups is 1. The topological polar surface area (TPSA) is 70.5 Å². The molecule has 0 saturated heterocycles. The highest BCUT2D eigenvalue weighted by Gasteiger charge is 2.11. The van der Waals surface area contributed by atoms with Gasteiger partial charge in [-0.2, -0.15) is 4.98 Å². The van der Waals surface area contributed by atoms with Gasteiger partial charge in [0.1, 0.15) is 12.4 Å². The van der Waals surface area contributed by atoms with E-state index in [-0.39, 0.29) is 5.97 Å². The maximum Gasteiger partial charge on any atom is 0.305 e. The van der Waals surface area contributed by atoms with Gasteiger partial charge < -0.3 is 14.2 Å². The number of fused-ring (bicyclic) bond motifs is 1. The van der Waals surface area contributed by atoms with Crippen molar-refractivity contribution in [2.24, 2.45) is 0 Å². The Labute approximate surface area is 228 Å². The number of nitrogens with zero attached hydrogens (tertiary/aromatic N) is 2. The van der Waals surface area contributed by atoms with Crippen LogP contribution in [0.3, 0.4) is 0 Å². The van der Waals surface area contributed by atoms with Crippen LogP contribution in [0.25, 0.3) is 33.4 Å². The van der Waals surface area contributed by atoms with Gasteiger partial charge in [-0.25, -0.2) is 4.98 Å². The molecule has 0 aliphatic heterocycles. The fourth-order valence-corrected chi connectivity index (χ4v) is 4.20. The van der Waals surface area contributed by atoms with Crippen LogP contribution < -0.4 is 9.47 Å². The molecule has 1 heterocycles. The van der Waals surface area contributed by atoms with Crippen molar-refractivity contribution in [2.75, 3.05) is 13.2 Å². The van der Waals surface area contributed by atoms with E-state index in [1.54, 1.807) is 6.92 Å². The summed E-state index contributed by atoms with van der Waals surface area (Å²) in [5.74, 6) is 1.63. The first-order valence-electron chi connectivity index (χ1n) is 13.1. The van der Waals surface area contributed by atoms with E-state index in [0.29, 0.717) is 44.4 Å². The van der Waals surface area contributed by atoms with Gasteiger partial charge in [-0.15, -0.1) is 0 Å². The van der Waals surface area contributed by atoms with Gasteiger partial charge in [0.15, 0.2) is 5.82 Å². The average Bonchev–Trinajstić information content (AvgIpc) is 2.99. The van der Waals surface area contributed by atoms with Crippen LogP contribution in [0.5, 0.6) is 11.6 Å². The van der Waals surface area contributed by atoms with E-state index in [4.69, 9.17) is 24.2 Å². The summed E-state index contributed by atoms with van der Waals surface area (Å²) in [5, 5.41) is 2.13. The fourth-order valence-electron chi connectivity index (χ4n) is 4.20. The van der Waals surface area contributed by atoms with E-state index >= 15 is 0 Å². The molecule has 0 radical (unpaired) electrons. The SMILES string of the molecule is CCOC(=O)CCCOc1cc(-c2ccccc2)nc(-c2ccc3cc(OCc4ccccc4)ccc3c2)n1. The minimum absolute atomic E-state index is 0.223. The summed E-state index contributed by atoms with van der Waals surface area (Å²) in [6.07, 6.45) is 0.850. The van der Waals surface area contributed by atoms with Crippen LogP contribution in [-0.4, -0.2) is 29.2 Å². The number of ether oxygens (including phenoxy) is 3. The van der Waals surface area contributed by atoms with Crippen molar-refractivity contribution in [3.8, 4) is 34.3 Å². The summed E-state index contributed by atoms with van der Waals surface area (Å²) in [7, 11) is 0. The Morgan fingerprint density at radius 2 is 1.49 bits per heavy atom. The first-order chi connectivity index (χ1) is 19.2. The molecule has 196 valence electrons. The number of hydrogen-bond donors (Lipinski definition) is 0. The third kappa shape index (κ3) is 6.99. The smallest absolute Gasteiger partial charge is 0.305 e. The number of carbonyl (C=O) groups excluding carboxylic acids is 1. The molecule has 0 amide bonds. The van der Waals surface area contributed by atoms with Gasteiger partial charge in [-0.3, -0.25) is 4.79 Å². The van der Waals surface area contributed by atoms with Crippen molar-refractivity contribution in [2.45, 2.75) is 26.4 Å². The number of rotatable bonds is 11. The van der Waals surface area contributed by atoms with Gasteiger partial charge in [-0.05, 0) is 47.9 Å². The number of esters is 1. The first-order valence-corrected chi connectivity index (χ1v) is 13.1. The molecular weight excluding hydrogens is 488 g/mol. The summed E-state index contributed by atoms with van der Waals surface area (Å²) in [4.78, 5) is 21.2. The summed E-state index contributed by atoms with van der Waals surface area (Å²) >= 11 is 0. The quantitative estimate of drug-likeness (QED) is 0.135. The van der Waals surface area contributed by atoms with E-state index in [1.165, 1.54) is 0 Å². The Morgan fingerprint density at radius 1 is 0.744 bits per heavy atom. The molecule has 0 saturated carbocycles. The van der Waals surface area contributed by atoms with Gasteiger partial charge >= 0.3 is 5.97 Å². The zero-order chi connectivity index (χ0) is 26.9. The molecule has 1 aromatic heterocycles. The highest BCUT2D eigenvalue weighted by atomic mass is 16.5. The van der Waals surface area contributed by atoms with E-state index in [1.807, 2.05) is 78.9 Å². The molecule has 39 heavy (non-hydrogen) atoms. The highest BCUT2D eigenvalue weighted by Crippen LogP contribution is 2.29. The Hall–Kier alpha value is -4.71. The van der Waals surface area contributed by atoms with Crippen LogP contribution in [0, 0.1) is 0 Å². The van der Waals surface area contributed by atoms with Gasteiger partial charge in [0.25, 0.3) is 0 Å². The predicted molar refractivity (Wildman–Crippen MR) is 153 cm³/mol. The maximum atomic E-state index is 11.7. The van der Waals surface area contributed by atoms with Crippen molar-refractivity contribution in [3.05, 3.63) is 109 Å². The van der Waals surface area contributed by atoms with Crippen LogP contribution in [0.4, 0.5) is 0 Å². The Balaban J connectivity index is 1.37. The fraction of sp³-hybridized carbons (Fsp3) is 0.182. The van der Waals surface area contributed by atoms with Gasteiger partial charge in [0.2, 0.25) is 5.88 Å². The Kier molecular flexibility index (Phi) is 8.44. The van der Waals surface area contributed by atoms with Gasteiger partial charge in [-0.1, -0.05) is 78.9 Å². The number of aromatic nitrogens is 2. The Bertz CT molecular complexity index is 1540. The van der Waals surface area contributed by atoms with Crippen molar-refractivity contribution in [3.63, 3.8) is 0 Å². The normalized spacial score (nSPS) is 10.8. The highest BCUT2D eigenvalue weighted by molar-refractivity contribution is 5.87. The molecule has 6 heteroatoms. The maximum absolute atomic E-state index is 11.7. The van der Waals surface area contributed by atoms with E-state index in [9.17, 15) is 4.79 Å². The molecule has 5 aromatic rings. The minimum Gasteiger partial charge on any atom is -0.489 e. The van der Waals surface area contributed by atoms with Crippen LogP contribution in [-0.2, 0) is 16.1 Å². The minimum atomic E-state index is -0.223. The lowest BCUT2D eigenvalue weighted by Gasteiger charge is -2.11. The predicted octanol–water partition coefficient (Wildman–Crippen LogP) is 7.26. The molecular formula is C33H30N2O4. The van der Waals surface area contributed by atoms with E-state index in [0.717, 1.165) is 38.9 Å². The standard InChI is InChI=1S/C33H30N2O4/c1-2-37-32(36)14-9-19-38-31-22-30(25-12-7-4-8-13-25)34-33(35-31)28-16-15-27-21-29(18-17-26(27)20-28)39-23-24-10-5-3-6-11-24/h3-8,10-13,15-18,20-22H,2,9,14,19,23H2,1H3. The lowest BCUT2D eigenvalue weighted by Crippen LogP contribution is -2.07. The second-order valence-corrected chi connectivity index (χ2v) is 9.04. The largest absolute Gasteiger partial charge is 0.489 e. The summed E-state index contributed by atoms with van der Waals surface area (Å²) in [5.41, 5.74) is 3.75. The average molecular weight is 519 g/mol. The second kappa shape index (κ2) is 12.7.